The third kappa shape index (κ3) is 42.4. The molecule has 0 spiro atoms. The average molecular weight is 814 g/mol. The summed E-state index contributed by atoms with van der Waals surface area (Å²) in [6.07, 6.45) is 63.2. The van der Waals surface area contributed by atoms with Crippen molar-refractivity contribution in [1.29, 1.82) is 0 Å². The van der Waals surface area contributed by atoms with Gasteiger partial charge in [-0.25, -0.2) is 0 Å². The fourth-order valence-corrected chi connectivity index (χ4v) is 7.62. The molecular formula is C53H99NO4. The number of allylic oxidation sites excluding steroid dienone is 7. The van der Waals surface area contributed by atoms with Crippen LogP contribution in [0.1, 0.15) is 258 Å². The third-order valence-corrected chi connectivity index (χ3v) is 11.6. The van der Waals surface area contributed by atoms with E-state index in [1.807, 2.05) is 6.08 Å². The Hall–Kier alpha value is -1.69. The lowest BCUT2D eigenvalue weighted by Crippen LogP contribution is -2.48. The molecule has 5 heteroatoms. The minimum Gasteiger partial charge on any atom is -0.394 e. The number of unbranched alkanes of at least 4 members (excludes halogenated alkanes) is 32. The number of rotatable bonds is 46. The normalized spacial score (nSPS) is 13.8. The predicted molar refractivity (Wildman–Crippen MR) is 254 cm³/mol. The summed E-state index contributed by atoms with van der Waals surface area (Å²) in [7, 11) is 0. The summed E-state index contributed by atoms with van der Waals surface area (Å²) < 4.78 is 0. The van der Waals surface area contributed by atoms with Gasteiger partial charge in [0, 0.05) is 0 Å². The van der Waals surface area contributed by atoms with Crippen molar-refractivity contribution in [2.75, 3.05) is 6.61 Å². The minimum atomic E-state index is -1.11. The molecule has 3 unspecified atom stereocenters. The molecule has 0 heterocycles. The number of aliphatic hydroxyl groups is 3. The monoisotopic (exact) mass is 814 g/mol. The molecule has 0 radical (unpaired) electrons. The molecule has 58 heavy (non-hydrogen) atoms. The predicted octanol–water partition coefficient (Wildman–Crippen LogP) is 15.3. The zero-order valence-corrected chi connectivity index (χ0v) is 38.7. The van der Waals surface area contributed by atoms with Crippen molar-refractivity contribution in [3.8, 4) is 0 Å². The van der Waals surface area contributed by atoms with Gasteiger partial charge in [-0.15, -0.1) is 0 Å². The Morgan fingerprint density at radius 2 is 0.707 bits per heavy atom. The second-order valence-electron chi connectivity index (χ2n) is 17.4. The quantitative estimate of drug-likeness (QED) is 0.0364. The van der Waals surface area contributed by atoms with Crippen LogP contribution >= 0.6 is 0 Å². The van der Waals surface area contributed by atoms with Gasteiger partial charge >= 0.3 is 0 Å². The largest absolute Gasteiger partial charge is 0.394 e. The maximum atomic E-state index is 12.5. The van der Waals surface area contributed by atoms with Gasteiger partial charge in [0.25, 0.3) is 0 Å². The molecule has 0 aromatic heterocycles. The summed E-state index contributed by atoms with van der Waals surface area (Å²) in [5.74, 6) is -0.517. The molecule has 0 aromatic rings. The first-order valence-corrected chi connectivity index (χ1v) is 25.5. The van der Waals surface area contributed by atoms with E-state index in [4.69, 9.17) is 0 Å². The van der Waals surface area contributed by atoms with Crippen LogP contribution in [0.5, 0.6) is 0 Å². The lowest BCUT2D eigenvalue weighted by Gasteiger charge is -2.21. The van der Waals surface area contributed by atoms with E-state index >= 15 is 0 Å². The zero-order chi connectivity index (χ0) is 42.3. The van der Waals surface area contributed by atoms with Crippen molar-refractivity contribution >= 4 is 5.91 Å². The summed E-state index contributed by atoms with van der Waals surface area (Å²) in [6, 6.07) is -0.821. The molecule has 340 valence electrons. The summed E-state index contributed by atoms with van der Waals surface area (Å²) in [5.41, 5.74) is 0. The topological polar surface area (TPSA) is 89.8 Å². The number of carbonyl (C=O) groups excluding carboxylic acids is 1. The Labute approximate surface area is 361 Å². The first-order valence-electron chi connectivity index (χ1n) is 25.5. The van der Waals surface area contributed by atoms with Crippen LogP contribution in [0.15, 0.2) is 48.6 Å². The highest BCUT2D eigenvalue weighted by molar-refractivity contribution is 5.80. The van der Waals surface area contributed by atoms with E-state index in [2.05, 4.69) is 55.6 Å². The standard InChI is InChI=1S/C53H99NO4/c1-3-5-7-9-11-13-15-17-19-20-21-22-23-24-25-26-27-28-29-30-31-32-34-36-38-40-42-44-46-48-52(57)53(58)54-50(49-55)51(56)47-45-43-41-39-37-35-33-18-16-14-12-10-8-6-4-2/h16,18,24-25,37,39,45,47,50-52,55-57H,3-15,17,19-23,26-36,38,40-44,46,48-49H2,1-2H3,(H,54,58)/b18-16+,25-24-,39-37+,47-45+. The maximum Gasteiger partial charge on any atom is 0.249 e. The van der Waals surface area contributed by atoms with Crippen LogP contribution in [0.25, 0.3) is 0 Å². The summed E-state index contributed by atoms with van der Waals surface area (Å²) >= 11 is 0. The highest BCUT2D eigenvalue weighted by Crippen LogP contribution is 2.16. The lowest BCUT2D eigenvalue weighted by atomic mass is 10.0. The molecule has 0 aliphatic carbocycles. The van der Waals surface area contributed by atoms with E-state index < -0.39 is 24.2 Å². The van der Waals surface area contributed by atoms with Gasteiger partial charge in [0.15, 0.2) is 0 Å². The van der Waals surface area contributed by atoms with Crippen LogP contribution in [0.2, 0.25) is 0 Å². The number of nitrogens with one attached hydrogen (secondary N) is 1. The first-order chi connectivity index (χ1) is 28.6. The second kappa shape index (κ2) is 48.0. The SMILES string of the molecule is CCCCCCC/C=C/CC/C=C/CC/C=C/C(O)C(CO)NC(=O)C(O)CCCCCCCCCCCCCCC/C=C\CCCCCCCCCCCCCC. The van der Waals surface area contributed by atoms with E-state index in [1.54, 1.807) is 6.08 Å². The van der Waals surface area contributed by atoms with Gasteiger partial charge in [-0.2, -0.15) is 0 Å². The highest BCUT2D eigenvalue weighted by Gasteiger charge is 2.22. The van der Waals surface area contributed by atoms with Crippen molar-refractivity contribution in [3.05, 3.63) is 48.6 Å². The Bertz CT molecular complexity index is 943. The highest BCUT2D eigenvalue weighted by atomic mass is 16.3. The fourth-order valence-electron chi connectivity index (χ4n) is 7.62. The molecule has 1 amide bonds. The van der Waals surface area contributed by atoms with E-state index in [0.29, 0.717) is 6.42 Å². The van der Waals surface area contributed by atoms with E-state index in [0.717, 1.165) is 44.9 Å². The summed E-state index contributed by atoms with van der Waals surface area (Å²) in [4.78, 5) is 12.5. The minimum absolute atomic E-state index is 0.381. The van der Waals surface area contributed by atoms with Crippen LogP contribution in [0, 0.1) is 0 Å². The Kier molecular flexibility index (Phi) is 46.6. The zero-order valence-electron chi connectivity index (χ0n) is 38.7. The number of amides is 1. The Morgan fingerprint density at radius 3 is 1.05 bits per heavy atom. The van der Waals surface area contributed by atoms with Gasteiger partial charge in [0.2, 0.25) is 5.91 Å². The molecule has 3 atom stereocenters. The second-order valence-corrected chi connectivity index (χ2v) is 17.4. The average Bonchev–Trinajstić information content (AvgIpc) is 3.23. The van der Waals surface area contributed by atoms with E-state index in [9.17, 15) is 20.1 Å². The number of aliphatic hydroxyl groups excluding tert-OH is 3. The lowest BCUT2D eigenvalue weighted by molar-refractivity contribution is -0.131. The van der Waals surface area contributed by atoms with Gasteiger partial charge in [-0.05, 0) is 70.6 Å². The van der Waals surface area contributed by atoms with Gasteiger partial charge in [0.05, 0.1) is 18.8 Å². The molecule has 5 nitrogen and oxygen atoms in total. The molecule has 0 aromatic carbocycles. The van der Waals surface area contributed by atoms with E-state index in [-0.39, 0.29) is 6.61 Å². The van der Waals surface area contributed by atoms with Gasteiger partial charge in [-0.3, -0.25) is 4.79 Å². The molecule has 0 bridgehead atoms. The maximum absolute atomic E-state index is 12.5. The molecule has 0 saturated heterocycles. The van der Waals surface area contributed by atoms with E-state index in [1.165, 1.54) is 193 Å². The summed E-state index contributed by atoms with van der Waals surface area (Å²) in [6.45, 7) is 4.16. The molecule has 0 aliphatic heterocycles. The molecule has 0 rings (SSSR count). The van der Waals surface area contributed by atoms with Gasteiger partial charge in [-0.1, -0.05) is 236 Å². The van der Waals surface area contributed by atoms with Crippen LogP contribution < -0.4 is 5.32 Å². The third-order valence-electron chi connectivity index (χ3n) is 11.6. The van der Waals surface area contributed by atoms with Crippen LogP contribution in [0.4, 0.5) is 0 Å². The molecule has 0 saturated carbocycles. The van der Waals surface area contributed by atoms with Gasteiger partial charge in [0.1, 0.15) is 6.10 Å². The van der Waals surface area contributed by atoms with Crippen molar-refractivity contribution in [3.63, 3.8) is 0 Å². The Balaban J connectivity index is 3.60. The first kappa shape index (κ1) is 56.3. The van der Waals surface area contributed by atoms with Crippen molar-refractivity contribution < 1.29 is 20.1 Å². The number of carbonyl (C=O) groups is 1. The summed E-state index contributed by atoms with van der Waals surface area (Å²) in [5, 5.41) is 33.2. The smallest absolute Gasteiger partial charge is 0.249 e. The Morgan fingerprint density at radius 1 is 0.414 bits per heavy atom. The fraction of sp³-hybridized carbons (Fsp3) is 0.830. The van der Waals surface area contributed by atoms with Gasteiger partial charge < -0.3 is 20.6 Å². The molecule has 0 fully saturated rings. The molecular weight excluding hydrogens is 715 g/mol. The van der Waals surface area contributed by atoms with Crippen LogP contribution in [0.3, 0.4) is 0 Å². The molecule has 0 aliphatic rings. The number of hydrogen-bond acceptors (Lipinski definition) is 4. The molecule has 4 N–H and O–H groups in total. The van der Waals surface area contributed by atoms with Crippen LogP contribution in [-0.4, -0.2) is 46.1 Å². The van der Waals surface area contributed by atoms with Crippen molar-refractivity contribution in [1.82, 2.24) is 5.32 Å². The number of hydrogen-bond donors (Lipinski definition) is 4. The van der Waals surface area contributed by atoms with Crippen molar-refractivity contribution in [2.24, 2.45) is 0 Å². The van der Waals surface area contributed by atoms with Crippen molar-refractivity contribution in [2.45, 2.75) is 276 Å². The van der Waals surface area contributed by atoms with Crippen LogP contribution in [-0.2, 0) is 4.79 Å².